The predicted molar refractivity (Wildman–Crippen MR) is 50.6 cm³/mol. The number of carbonyl (C=O) groups is 1. The average molecular weight is 220 g/mol. The van der Waals surface area contributed by atoms with Gasteiger partial charge in [0, 0.05) is 5.57 Å². The molecule has 1 atom stereocenters. The molecule has 0 fully saturated rings. The highest BCUT2D eigenvalue weighted by Crippen LogP contribution is 2.22. The molecule has 1 unspecified atom stereocenters. The van der Waals surface area contributed by atoms with Crippen LogP contribution in [0.3, 0.4) is 0 Å². The lowest BCUT2D eigenvalue weighted by Gasteiger charge is -2.31. The van der Waals surface area contributed by atoms with Crippen LogP contribution >= 0.6 is 0 Å². The number of esters is 1. The van der Waals surface area contributed by atoms with Crippen LogP contribution in [0.25, 0.3) is 0 Å². The Morgan fingerprint density at radius 2 is 1.73 bits per heavy atom. The number of hydrogen-bond acceptors (Lipinski definition) is 6. The van der Waals surface area contributed by atoms with Crippen LogP contribution in [0, 0.1) is 5.41 Å². The number of carbonyl (C=O) groups excluding carboxylic acids is 1. The molecule has 6 heteroatoms. The third-order valence-electron chi connectivity index (χ3n) is 2.04. The van der Waals surface area contributed by atoms with Gasteiger partial charge in [0.15, 0.2) is 0 Å². The van der Waals surface area contributed by atoms with Gasteiger partial charge in [-0.15, -0.1) is 0 Å². The van der Waals surface area contributed by atoms with Crippen LogP contribution in [-0.4, -0.2) is 52.5 Å². The molecule has 0 amide bonds. The van der Waals surface area contributed by atoms with Crippen LogP contribution in [0.4, 0.5) is 0 Å². The highest BCUT2D eigenvalue weighted by atomic mass is 16.6. The summed E-state index contributed by atoms with van der Waals surface area (Å²) < 4.78 is 4.49. The number of rotatable bonds is 6. The van der Waals surface area contributed by atoms with Crippen molar-refractivity contribution in [2.24, 2.45) is 5.41 Å². The van der Waals surface area contributed by atoms with E-state index in [1.807, 2.05) is 0 Å². The predicted octanol–water partition coefficient (Wildman–Crippen LogP) is -1.61. The third-order valence-corrected chi connectivity index (χ3v) is 2.04. The Kier molecular flexibility index (Phi) is 5.45. The molecule has 0 heterocycles. The normalized spacial score (nSPS) is 13.4. The molecule has 0 rings (SSSR count). The van der Waals surface area contributed by atoms with Gasteiger partial charge in [-0.2, -0.15) is 0 Å². The van der Waals surface area contributed by atoms with E-state index in [1.165, 1.54) is 6.92 Å². The van der Waals surface area contributed by atoms with Crippen molar-refractivity contribution < 1.29 is 30.0 Å². The molecule has 0 bridgehead atoms. The maximum Gasteiger partial charge on any atom is 0.335 e. The van der Waals surface area contributed by atoms with E-state index in [0.29, 0.717) is 0 Å². The van der Waals surface area contributed by atoms with Gasteiger partial charge in [-0.05, 0) is 6.92 Å². The number of hydrogen-bond donors (Lipinski definition) is 4. The molecule has 0 aliphatic carbocycles. The standard InChI is InChI=1S/C9H16O6/c1-6(2)7(13)15-8(14)9(3-10,4-11)5-12/h8,10-12,14H,1,3-5H2,2H3. The van der Waals surface area contributed by atoms with Crippen molar-refractivity contribution >= 4 is 5.97 Å². The van der Waals surface area contributed by atoms with E-state index in [2.05, 4.69) is 11.3 Å². The molecule has 6 nitrogen and oxygen atoms in total. The van der Waals surface area contributed by atoms with Gasteiger partial charge in [-0.1, -0.05) is 6.58 Å². The summed E-state index contributed by atoms with van der Waals surface area (Å²) in [5.41, 5.74) is -1.60. The van der Waals surface area contributed by atoms with Crippen molar-refractivity contribution in [2.75, 3.05) is 19.8 Å². The minimum atomic E-state index is -1.79. The molecular weight excluding hydrogens is 204 g/mol. The first-order valence-electron chi connectivity index (χ1n) is 4.30. The lowest BCUT2D eigenvalue weighted by atomic mass is 9.90. The van der Waals surface area contributed by atoms with Gasteiger partial charge in [0.05, 0.1) is 19.8 Å². The van der Waals surface area contributed by atoms with Crippen molar-refractivity contribution in [3.8, 4) is 0 Å². The topological polar surface area (TPSA) is 107 Å². The fraction of sp³-hybridized carbons (Fsp3) is 0.667. The van der Waals surface area contributed by atoms with Gasteiger partial charge in [-0.25, -0.2) is 4.79 Å². The summed E-state index contributed by atoms with van der Waals surface area (Å²) in [6.45, 7) is 2.52. The summed E-state index contributed by atoms with van der Waals surface area (Å²) in [6.07, 6.45) is -1.79. The summed E-state index contributed by atoms with van der Waals surface area (Å²) in [4.78, 5) is 11.0. The molecule has 0 spiro atoms. The first-order valence-corrected chi connectivity index (χ1v) is 4.30. The van der Waals surface area contributed by atoms with Gasteiger partial charge >= 0.3 is 5.97 Å². The van der Waals surface area contributed by atoms with Crippen molar-refractivity contribution in [1.82, 2.24) is 0 Å². The molecule has 4 N–H and O–H groups in total. The quantitative estimate of drug-likeness (QED) is 0.244. The fourth-order valence-corrected chi connectivity index (χ4v) is 0.711. The number of aliphatic hydroxyl groups is 4. The second kappa shape index (κ2) is 5.82. The van der Waals surface area contributed by atoms with Crippen LogP contribution in [0.5, 0.6) is 0 Å². The Labute approximate surface area is 87.4 Å². The Bertz CT molecular complexity index is 224. The molecule has 0 aromatic rings. The minimum absolute atomic E-state index is 0.0665. The molecule has 15 heavy (non-hydrogen) atoms. The maximum atomic E-state index is 11.0. The zero-order chi connectivity index (χ0) is 12.1. The van der Waals surface area contributed by atoms with Crippen LogP contribution in [0.2, 0.25) is 0 Å². The van der Waals surface area contributed by atoms with Crippen molar-refractivity contribution in [2.45, 2.75) is 13.2 Å². The zero-order valence-corrected chi connectivity index (χ0v) is 8.51. The molecule has 88 valence electrons. The van der Waals surface area contributed by atoms with E-state index in [0.717, 1.165) is 0 Å². The van der Waals surface area contributed by atoms with E-state index in [1.54, 1.807) is 0 Å². The van der Waals surface area contributed by atoms with Crippen LogP contribution in [0.1, 0.15) is 6.92 Å². The highest BCUT2D eigenvalue weighted by molar-refractivity contribution is 5.87. The summed E-state index contributed by atoms with van der Waals surface area (Å²) in [6, 6.07) is 0. The van der Waals surface area contributed by atoms with Gasteiger partial charge in [-0.3, -0.25) is 0 Å². The SMILES string of the molecule is C=C(C)C(=O)OC(O)C(CO)(CO)CO. The van der Waals surface area contributed by atoms with Gasteiger partial charge < -0.3 is 25.2 Å². The van der Waals surface area contributed by atoms with E-state index in [4.69, 9.17) is 15.3 Å². The highest BCUT2D eigenvalue weighted by Gasteiger charge is 2.39. The maximum absolute atomic E-state index is 11.0. The second-order valence-corrected chi connectivity index (χ2v) is 3.37. The molecule has 0 aromatic carbocycles. The largest absolute Gasteiger partial charge is 0.432 e. The molecule has 0 aliphatic rings. The molecule has 0 aliphatic heterocycles. The minimum Gasteiger partial charge on any atom is -0.432 e. The lowest BCUT2D eigenvalue weighted by Crippen LogP contribution is -2.47. The zero-order valence-electron chi connectivity index (χ0n) is 8.51. The molecular formula is C9H16O6. The van der Waals surface area contributed by atoms with E-state index < -0.39 is 37.5 Å². The summed E-state index contributed by atoms with van der Waals surface area (Å²) >= 11 is 0. The summed E-state index contributed by atoms with van der Waals surface area (Å²) in [5.74, 6) is -0.859. The Morgan fingerprint density at radius 1 is 1.33 bits per heavy atom. The second-order valence-electron chi connectivity index (χ2n) is 3.37. The molecule has 0 aromatic heterocycles. The van der Waals surface area contributed by atoms with Crippen molar-refractivity contribution in [1.29, 1.82) is 0 Å². The number of aliphatic hydroxyl groups excluding tert-OH is 4. The Morgan fingerprint density at radius 3 is 2.00 bits per heavy atom. The molecule has 0 saturated heterocycles. The van der Waals surface area contributed by atoms with Crippen LogP contribution in [-0.2, 0) is 9.53 Å². The van der Waals surface area contributed by atoms with E-state index >= 15 is 0 Å². The van der Waals surface area contributed by atoms with Gasteiger partial charge in [0.2, 0.25) is 6.29 Å². The van der Waals surface area contributed by atoms with Crippen molar-refractivity contribution in [3.05, 3.63) is 12.2 Å². The van der Waals surface area contributed by atoms with Crippen LogP contribution in [0.15, 0.2) is 12.2 Å². The van der Waals surface area contributed by atoms with E-state index in [-0.39, 0.29) is 5.57 Å². The van der Waals surface area contributed by atoms with Crippen molar-refractivity contribution in [3.63, 3.8) is 0 Å². The van der Waals surface area contributed by atoms with E-state index in [9.17, 15) is 9.90 Å². The Hall–Kier alpha value is -0.950. The van der Waals surface area contributed by atoms with Gasteiger partial charge in [0.25, 0.3) is 0 Å². The molecule has 0 radical (unpaired) electrons. The summed E-state index contributed by atoms with van der Waals surface area (Å²) in [5, 5.41) is 36.1. The number of ether oxygens (including phenoxy) is 1. The lowest BCUT2D eigenvalue weighted by molar-refractivity contribution is -0.210. The third kappa shape index (κ3) is 3.28. The smallest absolute Gasteiger partial charge is 0.335 e. The van der Waals surface area contributed by atoms with Crippen LogP contribution < -0.4 is 0 Å². The monoisotopic (exact) mass is 220 g/mol. The first kappa shape index (κ1) is 14.1. The fourth-order valence-electron chi connectivity index (χ4n) is 0.711. The summed E-state index contributed by atoms with van der Waals surface area (Å²) in [7, 11) is 0. The average Bonchev–Trinajstić information content (AvgIpc) is 2.21. The van der Waals surface area contributed by atoms with Gasteiger partial charge in [0.1, 0.15) is 5.41 Å². The Balaban J connectivity index is 4.58. The first-order chi connectivity index (χ1) is 6.93. The molecule has 0 saturated carbocycles.